The van der Waals surface area contributed by atoms with Crippen LogP contribution in [0.25, 0.3) is 0 Å². The molecule has 1 aromatic heterocycles. The molecule has 124 valence electrons. The van der Waals surface area contributed by atoms with E-state index in [1.807, 2.05) is 6.20 Å². The van der Waals surface area contributed by atoms with Gasteiger partial charge < -0.3 is 10.6 Å². The van der Waals surface area contributed by atoms with Crippen molar-refractivity contribution in [3.63, 3.8) is 0 Å². The molecule has 0 atom stereocenters. The van der Waals surface area contributed by atoms with Crippen LogP contribution in [0.15, 0.2) is 35.5 Å². The van der Waals surface area contributed by atoms with Gasteiger partial charge in [-0.05, 0) is 32.8 Å². The molecule has 1 heterocycles. The Labute approximate surface area is 143 Å². The maximum atomic E-state index is 4.63. The number of nitrogens with one attached hydrogen (secondary N) is 2. The van der Waals surface area contributed by atoms with Crippen molar-refractivity contribution in [1.82, 2.24) is 15.6 Å². The Morgan fingerprint density at radius 2 is 2.09 bits per heavy atom. The Morgan fingerprint density at radius 1 is 1.22 bits per heavy atom. The molecule has 23 heavy (non-hydrogen) atoms. The predicted molar refractivity (Wildman–Crippen MR) is 99.4 cm³/mol. The van der Waals surface area contributed by atoms with Gasteiger partial charge >= 0.3 is 0 Å². The van der Waals surface area contributed by atoms with Crippen LogP contribution in [-0.4, -0.2) is 30.6 Å². The third-order valence-electron chi connectivity index (χ3n) is 3.40. The van der Waals surface area contributed by atoms with E-state index in [1.165, 1.54) is 16.0 Å². The summed E-state index contributed by atoms with van der Waals surface area (Å²) in [5.41, 5.74) is 2.66. The number of nitrogens with zero attached hydrogens (tertiary/aromatic N) is 2. The first-order valence-electron chi connectivity index (χ1n) is 8.16. The van der Waals surface area contributed by atoms with Crippen molar-refractivity contribution < 1.29 is 0 Å². The summed E-state index contributed by atoms with van der Waals surface area (Å²) in [6, 6.07) is 8.64. The normalized spacial score (nSPS) is 11.5. The molecular weight excluding hydrogens is 304 g/mol. The second-order valence-electron chi connectivity index (χ2n) is 5.54. The molecule has 2 aromatic rings. The Kier molecular flexibility index (Phi) is 7.07. The van der Waals surface area contributed by atoms with Gasteiger partial charge in [-0.3, -0.25) is 4.99 Å². The van der Waals surface area contributed by atoms with Crippen molar-refractivity contribution >= 4 is 17.3 Å². The molecule has 0 aliphatic rings. The van der Waals surface area contributed by atoms with Gasteiger partial charge in [0.25, 0.3) is 0 Å². The number of guanidine groups is 1. The summed E-state index contributed by atoms with van der Waals surface area (Å²) in [6.07, 6.45) is 3.82. The molecule has 2 rings (SSSR count). The molecule has 0 spiro atoms. The van der Waals surface area contributed by atoms with Gasteiger partial charge in [-0.15, -0.1) is 11.3 Å². The van der Waals surface area contributed by atoms with E-state index in [0.717, 1.165) is 43.4 Å². The molecule has 0 aliphatic heterocycles. The SMILES string of the molecule is CCNC(=NCCc1ncc(C)s1)NCCc1cccc(C)c1. The Morgan fingerprint density at radius 3 is 2.78 bits per heavy atom. The monoisotopic (exact) mass is 330 g/mol. The van der Waals surface area contributed by atoms with Gasteiger partial charge in [-0.25, -0.2) is 4.98 Å². The molecule has 0 saturated carbocycles. The van der Waals surface area contributed by atoms with Crippen LogP contribution in [0, 0.1) is 13.8 Å². The van der Waals surface area contributed by atoms with E-state index in [9.17, 15) is 0 Å². The van der Waals surface area contributed by atoms with E-state index < -0.39 is 0 Å². The van der Waals surface area contributed by atoms with Crippen LogP contribution < -0.4 is 10.6 Å². The molecule has 4 nitrogen and oxygen atoms in total. The van der Waals surface area contributed by atoms with Gasteiger partial charge in [0.05, 0.1) is 5.01 Å². The lowest BCUT2D eigenvalue weighted by Gasteiger charge is -2.11. The van der Waals surface area contributed by atoms with Crippen molar-refractivity contribution in [3.8, 4) is 0 Å². The van der Waals surface area contributed by atoms with Gasteiger partial charge in [-0.2, -0.15) is 0 Å². The fourth-order valence-electron chi connectivity index (χ4n) is 2.32. The molecule has 0 amide bonds. The van der Waals surface area contributed by atoms with Crippen LogP contribution in [0.4, 0.5) is 0 Å². The largest absolute Gasteiger partial charge is 0.357 e. The minimum absolute atomic E-state index is 0.757. The Bertz CT molecular complexity index is 633. The molecule has 0 unspecified atom stereocenters. The van der Waals surface area contributed by atoms with E-state index in [-0.39, 0.29) is 0 Å². The number of aromatic nitrogens is 1. The fourth-order valence-corrected chi connectivity index (χ4v) is 3.09. The average molecular weight is 331 g/mol. The lowest BCUT2D eigenvalue weighted by Crippen LogP contribution is -2.38. The van der Waals surface area contributed by atoms with Crippen LogP contribution in [0.1, 0.15) is 27.9 Å². The highest BCUT2D eigenvalue weighted by Gasteiger charge is 2.00. The number of aryl methyl sites for hydroxylation is 2. The molecule has 0 saturated heterocycles. The number of hydrogen-bond acceptors (Lipinski definition) is 3. The van der Waals surface area contributed by atoms with E-state index in [0.29, 0.717) is 0 Å². The average Bonchev–Trinajstić information content (AvgIpc) is 2.93. The van der Waals surface area contributed by atoms with E-state index >= 15 is 0 Å². The summed E-state index contributed by atoms with van der Waals surface area (Å²) in [6.45, 7) is 8.80. The minimum atomic E-state index is 0.757. The topological polar surface area (TPSA) is 49.3 Å². The summed E-state index contributed by atoms with van der Waals surface area (Å²) < 4.78 is 0. The fraction of sp³-hybridized carbons (Fsp3) is 0.444. The van der Waals surface area contributed by atoms with E-state index in [1.54, 1.807) is 11.3 Å². The molecule has 2 N–H and O–H groups in total. The van der Waals surface area contributed by atoms with Gasteiger partial charge in [-0.1, -0.05) is 29.8 Å². The number of benzene rings is 1. The van der Waals surface area contributed by atoms with Crippen molar-refractivity contribution in [3.05, 3.63) is 51.5 Å². The first-order valence-corrected chi connectivity index (χ1v) is 8.98. The standard InChI is InChI=1S/C18H26N4S/c1-4-19-18(21-11-9-17-22-13-15(3)23-17)20-10-8-16-7-5-6-14(2)12-16/h5-7,12-13H,4,8-11H2,1-3H3,(H2,19,20,21). The minimum Gasteiger partial charge on any atom is -0.357 e. The summed E-state index contributed by atoms with van der Waals surface area (Å²) >= 11 is 1.75. The van der Waals surface area contributed by atoms with Crippen LogP contribution in [0.3, 0.4) is 0 Å². The zero-order valence-electron chi connectivity index (χ0n) is 14.2. The second-order valence-corrected chi connectivity index (χ2v) is 6.86. The van der Waals surface area contributed by atoms with Crippen molar-refractivity contribution in [1.29, 1.82) is 0 Å². The molecular formula is C18H26N4S. The smallest absolute Gasteiger partial charge is 0.191 e. The summed E-state index contributed by atoms with van der Waals surface area (Å²) in [4.78, 5) is 10.3. The molecule has 0 radical (unpaired) electrons. The third-order valence-corrected chi connectivity index (χ3v) is 4.37. The van der Waals surface area contributed by atoms with Gasteiger partial charge in [0, 0.05) is 37.1 Å². The first-order chi connectivity index (χ1) is 11.2. The maximum Gasteiger partial charge on any atom is 0.191 e. The van der Waals surface area contributed by atoms with Gasteiger partial charge in [0.1, 0.15) is 0 Å². The Hall–Kier alpha value is -1.88. The zero-order chi connectivity index (χ0) is 16.5. The lowest BCUT2D eigenvalue weighted by atomic mass is 10.1. The van der Waals surface area contributed by atoms with Gasteiger partial charge in [0.2, 0.25) is 0 Å². The molecule has 0 bridgehead atoms. The predicted octanol–water partition coefficient (Wildman–Crippen LogP) is 3.10. The molecule has 0 aliphatic carbocycles. The molecule has 1 aromatic carbocycles. The summed E-state index contributed by atoms with van der Waals surface area (Å²) in [5, 5.41) is 7.85. The van der Waals surface area contributed by atoms with Crippen molar-refractivity contribution in [2.75, 3.05) is 19.6 Å². The lowest BCUT2D eigenvalue weighted by molar-refractivity contribution is 0.796. The number of aliphatic imine (C=N–C) groups is 1. The van der Waals surface area contributed by atoms with E-state index in [2.05, 4.69) is 65.6 Å². The van der Waals surface area contributed by atoms with Crippen LogP contribution >= 0.6 is 11.3 Å². The Balaban J connectivity index is 1.79. The van der Waals surface area contributed by atoms with Crippen LogP contribution in [0.2, 0.25) is 0 Å². The van der Waals surface area contributed by atoms with E-state index in [4.69, 9.17) is 0 Å². The highest BCUT2D eigenvalue weighted by Crippen LogP contribution is 2.11. The zero-order valence-corrected chi connectivity index (χ0v) is 15.0. The van der Waals surface area contributed by atoms with Crippen molar-refractivity contribution in [2.24, 2.45) is 4.99 Å². The summed E-state index contributed by atoms with van der Waals surface area (Å²) in [7, 11) is 0. The first kappa shape index (κ1) is 17.5. The quantitative estimate of drug-likeness (QED) is 0.606. The highest BCUT2D eigenvalue weighted by molar-refractivity contribution is 7.11. The summed E-state index contributed by atoms with van der Waals surface area (Å²) in [5.74, 6) is 0.883. The highest BCUT2D eigenvalue weighted by atomic mass is 32.1. The second kappa shape index (κ2) is 9.30. The number of rotatable bonds is 7. The number of hydrogen-bond donors (Lipinski definition) is 2. The van der Waals surface area contributed by atoms with Crippen molar-refractivity contribution in [2.45, 2.75) is 33.6 Å². The maximum absolute atomic E-state index is 4.63. The number of thiazole rings is 1. The van der Waals surface area contributed by atoms with Gasteiger partial charge in [0.15, 0.2) is 5.96 Å². The molecule has 0 fully saturated rings. The third kappa shape index (κ3) is 6.40. The van der Waals surface area contributed by atoms with Crippen LogP contribution in [0.5, 0.6) is 0 Å². The molecule has 5 heteroatoms. The van der Waals surface area contributed by atoms with Crippen LogP contribution in [-0.2, 0) is 12.8 Å².